The van der Waals surface area contributed by atoms with Gasteiger partial charge < -0.3 is 5.32 Å². The van der Waals surface area contributed by atoms with Crippen LogP contribution in [-0.2, 0) is 10.8 Å². The van der Waals surface area contributed by atoms with Gasteiger partial charge in [-0.15, -0.1) is 0 Å². The maximum absolute atomic E-state index is 11.2. The van der Waals surface area contributed by atoms with E-state index in [-0.39, 0.29) is 5.25 Å². The standard InChI is InChI=1S/C12H25NOS/c1-10-5-4-6-12(8-7-10)13-9-11(2)15(3)14/h10-13H,4-9H2,1-3H3. The molecule has 0 heterocycles. The zero-order valence-electron chi connectivity index (χ0n) is 10.3. The van der Waals surface area contributed by atoms with Crippen LogP contribution in [0.25, 0.3) is 0 Å². The molecule has 1 fully saturated rings. The van der Waals surface area contributed by atoms with Crippen LogP contribution >= 0.6 is 0 Å². The Morgan fingerprint density at radius 3 is 2.73 bits per heavy atom. The first-order valence-corrected chi connectivity index (χ1v) is 7.77. The van der Waals surface area contributed by atoms with Crippen LogP contribution in [0.4, 0.5) is 0 Å². The average Bonchev–Trinajstić information content (AvgIpc) is 2.39. The van der Waals surface area contributed by atoms with Crippen molar-refractivity contribution in [2.45, 2.75) is 57.2 Å². The van der Waals surface area contributed by atoms with E-state index in [9.17, 15) is 4.21 Å². The van der Waals surface area contributed by atoms with Gasteiger partial charge in [0.05, 0.1) is 0 Å². The molecular formula is C12H25NOS. The molecule has 0 aliphatic heterocycles. The lowest BCUT2D eigenvalue weighted by Gasteiger charge is -2.18. The normalized spacial score (nSPS) is 31.9. The van der Waals surface area contributed by atoms with Crippen molar-refractivity contribution in [3.8, 4) is 0 Å². The van der Waals surface area contributed by atoms with Crippen molar-refractivity contribution < 1.29 is 4.21 Å². The first kappa shape index (κ1) is 13.2. The van der Waals surface area contributed by atoms with Crippen LogP contribution in [-0.4, -0.2) is 28.3 Å². The SMILES string of the molecule is CC1CCCC(NCC(C)S(C)=O)CC1. The molecule has 4 unspecified atom stereocenters. The molecule has 0 radical (unpaired) electrons. The van der Waals surface area contributed by atoms with Crippen molar-refractivity contribution in [2.24, 2.45) is 5.92 Å². The molecule has 1 saturated carbocycles. The molecule has 4 atom stereocenters. The Morgan fingerprint density at radius 2 is 2.07 bits per heavy atom. The molecule has 1 N–H and O–H groups in total. The predicted octanol–water partition coefficient (Wildman–Crippen LogP) is 2.31. The highest BCUT2D eigenvalue weighted by Gasteiger charge is 2.16. The second-order valence-electron chi connectivity index (χ2n) is 5.03. The minimum atomic E-state index is -0.688. The molecule has 0 spiro atoms. The lowest BCUT2D eigenvalue weighted by Crippen LogP contribution is -2.35. The Kier molecular flexibility index (Phi) is 5.83. The second kappa shape index (κ2) is 6.64. The van der Waals surface area contributed by atoms with E-state index in [0.29, 0.717) is 6.04 Å². The molecule has 0 aromatic heterocycles. The number of hydrogen-bond acceptors (Lipinski definition) is 2. The molecule has 0 amide bonds. The Bertz CT molecular complexity index is 208. The summed E-state index contributed by atoms with van der Waals surface area (Å²) in [6, 6.07) is 0.668. The zero-order valence-corrected chi connectivity index (χ0v) is 11.1. The van der Waals surface area contributed by atoms with E-state index in [0.717, 1.165) is 12.5 Å². The smallest absolute Gasteiger partial charge is 0.0441 e. The van der Waals surface area contributed by atoms with E-state index in [2.05, 4.69) is 19.2 Å². The number of hydrogen-bond donors (Lipinski definition) is 1. The van der Waals surface area contributed by atoms with E-state index >= 15 is 0 Å². The first-order valence-electron chi connectivity index (χ1n) is 6.15. The second-order valence-corrected chi connectivity index (χ2v) is 6.83. The summed E-state index contributed by atoms with van der Waals surface area (Å²) in [5, 5.41) is 3.85. The monoisotopic (exact) mass is 231 g/mol. The van der Waals surface area contributed by atoms with Crippen molar-refractivity contribution in [1.29, 1.82) is 0 Å². The third-order valence-electron chi connectivity index (χ3n) is 3.52. The lowest BCUT2D eigenvalue weighted by molar-refractivity contribution is 0.449. The van der Waals surface area contributed by atoms with Gasteiger partial charge >= 0.3 is 0 Å². The van der Waals surface area contributed by atoms with Crippen molar-refractivity contribution in [3.05, 3.63) is 0 Å². The quantitative estimate of drug-likeness (QED) is 0.752. The molecule has 0 aromatic rings. The molecule has 15 heavy (non-hydrogen) atoms. The van der Waals surface area contributed by atoms with Gasteiger partial charge in [-0.05, 0) is 32.1 Å². The maximum atomic E-state index is 11.2. The largest absolute Gasteiger partial charge is 0.313 e. The van der Waals surface area contributed by atoms with Crippen LogP contribution in [0.5, 0.6) is 0 Å². The molecular weight excluding hydrogens is 206 g/mol. The molecule has 0 bridgehead atoms. The summed E-state index contributed by atoms with van der Waals surface area (Å²) in [4.78, 5) is 0. The van der Waals surface area contributed by atoms with Gasteiger partial charge in [-0.25, -0.2) is 0 Å². The Morgan fingerprint density at radius 1 is 1.33 bits per heavy atom. The van der Waals surface area contributed by atoms with E-state index < -0.39 is 10.8 Å². The number of rotatable bonds is 4. The van der Waals surface area contributed by atoms with Crippen LogP contribution in [0.1, 0.15) is 46.0 Å². The molecule has 1 aliphatic carbocycles. The van der Waals surface area contributed by atoms with E-state index in [1.807, 2.05) is 0 Å². The van der Waals surface area contributed by atoms with Crippen LogP contribution in [0.15, 0.2) is 0 Å². The Labute approximate surface area is 96.7 Å². The van der Waals surface area contributed by atoms with Gasteiger partial charge in [-0.2, -0.15) is 0 Å². The molecule has 90 valence electrons. The van der Waals surface area contributed by atoms with Gasteiger partial charge in [0.1, 0.15) is 0 Å². The van der Waals surface area contributed by atoms with Crippen molar-refractivity contribution in [1.82, 2.24) is 5.32 Å². The Hall–Kier alpha value is 0.110. The summed E-state index contributed by atoms with van der Waals surface area (Å²) in [7, 11) is -0.688. The third-order valence-corrected chi connectivity index (χ3v) is 4.82. The Balaban J connectivity index is 2.23. The molecule has 3 heteroatoms. The zero-order chi connectivity index (χ0) is 11.3. The predicted molar refractivity (Wildman–Crippen MR) is 67.6 cm³/mol. The summed E-state index contributed by atoms with van der Waals surface area (Å²) in [5.74, 6) is 0.898. The van der Waals surface area contributed by atoms with Crippen molar-refractivity contribution >= 4 is 10.8 Å². The van der Waals surface area contributed by atoms with Gasteiger partial charge in [-0.3, -0.25) is 4.21 Å². The third kappa shape index (κ3) is 5.12. The van der Waals surface area contributed by atoms with Crippen molar-refractivity contribution in [2.75, 3.05) is 12.8 Å². The van der Waals surface area contributed by atoms with Gasteiger partial charge in [0.2, 0.25) is 0 Å². The fraction of sp³-hybridized carbons (Fsp3) is 1.00. The fourth-order valence-electron chi connectivity index (χ4n) is 2.14. The van der Waals surface area contributed by atoms with E-state index in [4.69, 9.17) is 0 Å². The van der Waals surface area contributed by atoms with E-state index in [1.54, 1.807) is 6.26 Å². The molecule has 1 rings (SSSR count). The summed E-state index contributed by atoms with van der Waals surface area (Å²) < 4.78 is 11.2. The highest BCUT2D eigenvalue weighted by molar-refractivity contribution is 7.84. The lowest BCUT2D eigenvalue weighted by atomic mass is 10.0. The summed E-state index contributed by atoms with van der Waals surface area (Å²) >= 11 is 0. The van der Waals surface area contributed by atoms with Gasteiger partial charge in [0.15, 0.2) is 0 Å². The highest BCUT2D eigenvalue weighted by atomic mass is 32.2. The van der Waals surface area contributed by atoms with Crippen LogP contribution in [0.2, 0.25) is 0 Å². The van der Waals surface area contributed by atoms with Crippen molar-refractivity contribution in [3.63, 3.8) is 0 Å². The first-order chi connectivity index (χ1) is 7.09. The topological polar surface area (TPSA) is 29.1 Å². The maximum Gasteiger partial charge on any atom is 0.0441 e. The van der Waals surface area contributed by atoms with Gasteiger partial charge in [0.25, 0.3) is 0 Å². The highest BCUT2D eigenvalue weighted by Crippen LogP contribution is 2.22. The van der Waals surface area contributed by atoms with Crippen LogP contribution < -0.4 is 5.32 Å². The average molecular weight is 231 g/mol. The molecule has 1 aliphatic rings. The van der Waals surface area contributed by atoms with E-state index in [1.165, 1.54) is 32.1 Å². The fourth-order valence-corrected chi connectivity index (χ4v) is 2.47. The van der Waals surface area contributed by atoms with Crippen LogP contribution in [0, 0.1) is 5.92 Å². The van der Waals surface area contributed by atoms with Crippen LogP contribution in [0.3, 0.4) is 0 Å². The van der Waals surface area contributed by atoms with Gasteiger partial charge in [0, 0.05) is 34.9 Å². The summed E-state index contributed by atoms with van der Waals surface area (Å²) in [5.41, 5.74) is 0. The van der Waals surface area contributed by atoms with Gasteiger partial charge in [-0.1, -0.05) is 19.8 Å². The molecule has 0 saturated heterocycles. The summed E-state index contributed by atoms with van der Waals surface area (Å²) in [6.07, 6.45) is 8.47. The summed E-state index contributed by atoms with van der Waals surface area (Å²) in [6.45, 7) is 5.32. The molecule has 2 nitrogen and oxygen atoms in total. The molecule has 0 aromatic carbocycles. The number of nitrogens with one attached hydrogen (secondary N) is 1. The minimum absolute atomic E-state index is 0.283. The minimum Gasteiger partial charge on any atom is -0.313 e.